The van der Waals surface area contributed by atoms with Crippen LogP contribution in [0.15, 0.2) is 42.6 Å². The zero-order valence-corrected chi connectivity index (χ0v) is 11.7. The molecule has 3 N–H and O–H groups in total. The van der Waals surface area contributed by atoms with E-state index < -0.39 is 5.91 Å². The monoisotopic (exact) mass is 282 g/mol. The van der Waals surface area contributed by atoms with Gasteiger partial charge in [0.25, 0.3) is 5.91 Å². The third-order valence-corrected chi connectivity index (χ3v) is 3.67. The third-order valence-electron chi connectivity index (χ3n) is 3.67. The number of hydrogen-bond donors (Lipinski definition) is 2. The highest BCUT2D eigenvalue weighted by Gasteiger charge is 2.14. The van der Waals surface area contributed by atoms with Crippen molar-refractivity contribution in [3.8, 4) is 11.3 Å². The lowest BCUT2D eigenvalue weighted by atomic mass is 10.0. The molecule has 1 fully saturated rings. The molecular weight excluding hydrogens is 264 g/mol. The molecule has 1 aliphatic rings. The second-order valence-corrected chi connectivity index (χ2v) is 5.05. The molecule has 1 aliphatic heterocycles. The number of aromatic nitrogens is 1. The number of hydrogen-bond acceptors (Lipinski definition) is 4. The van der Waals surface area contributed by atoms with Crippen molar-refractivity contribution in [1.82, 2.24) is 10.3 Å². The van der Waals surface area contributed by atoms with Crippen LogP contribution in [0.25, 0.3) is 11.3 Å². The summed E-state index contributed by atoms with van der Waals surface area (Å²) in [7, 11) is 0. The van der Waals surface area contributed by atoms with Gasteiger partial charge in [0.05, 0.1) is 11.3 Å². The predicted molar refractivity (Wildman–Crippen MR) is 83.3 cm³/mol. The van der Waals surface area contributed by atoms with E-state index in [4.69, 9.17) is 5.73 Å². The highest BCUT2D eigenvalue weighted by atomic mass is 16.1. The van der Waals surface area contributed by atoms with Crippen LogP contribution in [0.3, 0.4) is 0 Å². The number of nitrogens with one attached hydrogen (secondary N) is 1. The Hall–Kier alpha value is -2.40. The Morgan fingerprint density at radius 3 is 2.76 bits per heavy atom. The van der Waals surface area contributed by atoms with Gasteiger partial charge in [0.2, 0.25) is 0 Å². The van der Waals surface area contributed by atoms with Crippen molar-refractivity contribution in [2.75, 3.05) is 31.1 Å². The standard InChI is InChI=1S/C16H18N4O/c17-16(21)14-5-2-6-19-15(14)12-3-1-4-13(11-12)20-9-7-18-8-10-20/h1-6,11,18H,7-10H2,(H2,17,21). The highest BCUT2D eigenvalue weighted by Crippen LogP contribution is 2.25. The number of amides is 1. The molecule has 0 spiro atoms. The first-order chi connectivity index (χ1) is 10.3. The Kier molecular flexibility index (Phi) is 3.83. The molecule has 1 aromatic heterocycles. The average Bonchev–Trinajstić information content (AvgIpc) is 2.56. The van der Waals surface area contributed by atoms with Gasteiger partial charge in [-0.25, -0.2) is 0 Å². The Morgan fingerprint density at radius 1 is 1.19 bits per heavy atom. The normalized spacial score (nSPS) is 15.0. The van der Waals surface area contributed by atoms with E-state index in [2.05, 4.69) is 27.3 Å². The molecule has 0 atom stereocenters. The van der Waals surface area contributed by atoms with Crippen molar-refractivity contribution < 1.29 is 4.79 Å². The second kappa shape index (κ2) is 5.93. The molecule has 0 saturated carbocycles. The van der Waals surface area contributed by atoms with Gasteiger partial charge in [0.15, 0.2) is 0 Å². The minimum atomic E-state index is -0.453. The van der Waals surface area contributed by atoms with E-state index in [1.807, 2.05) is 12.1 Å². The fourth-order valence-electron chi connectivity index (χ4n) is 2.61. The summed E-state index contributed by atoms with van der Waals surface area (Å²) in [6, 6.07) is 11.5. The molecule has 1 amide bonds. The van der Waals surface area contributed by atoms with Gasteiger partial charge >= 0.3 is 0 Å². The number of anilines is 1. The number of pyridine rings is 1. The summed E-state index contributed by atoms with van der Waals surface area (Å²) in [5, 5.41) is 3.34. The molecule has 2 aromatic rings. The van der Waals surface area contributed by atoms with Crippen LogP contribution in [0.4, 0.5) is 5.69 Å². The van der Waals surface area contributed by atoms with Crippen molar-refractivity contribution in [2.24, 2.45) is 5.73 Å². The number of carbonyl (C=O) groups is 1. The SMILES string of the molecule is NC(=O)c1cccnc1-c1cccc(N2CCNCC2)c1. The van der Waals surface area contributed by atoms with Crippen LogP contribution >= 0.6 is 0 Å². The van der Waals surface area contributed by atoms with E-state index in [0.29, 0.717) is 11.3 Å². The van der Waals surface area contributed by atoms with E-state index in [1.54, 1.807) is 18.3 Å². The Balaban J connectivity index is 1.98. The Morgan fingerprint density at radius 2 is 2.00 bits per heavy atom. The third kappa shape index (κ3) is 2.87. The summed E-state index contributed by atoms with van der Waals surface area (Å²) in [6.45, 7) is 3.93. The maximum atomic E-state index is 11.5. The van der Waals surface area contributed by atoms with Gasteiger partial charge in [-0.15, -0.1) is 0 Å². The number of piperazine rings is 1. The summed E-state index contributed by atoms with van der Waals surface area (Å²) in [6.07, 6.45) is 1.68. The highest BCUT2D eigenvalue weighted by molar-refractivity contribution is 5.98. The first kappa shape index (κ1) is 13.6. The van der Waals surface area contributed by atoms with E-state index >= 15 is 0 Å². The molecule has 0 unspecified atom stereocenters. The molecule has 1 saturated heterocycles. The van der Waals surface area contributed by atoms with Gasteiger partial charge in [-0.1, -0.05) is 12.1 Å². The van der Waals surface area contributed by atoms with Crippen LogP contribution in [0.2, 0.25) is 0 Å². The summed E-state index contributed by atoms with van der Waals surface area (Å²) < 4.78 is 0. The van der Waals surface area contributed by atoms with Crippen LogP contribution in [-0.4, -0.2) is 37.1 Å². The van der Waals surface area contributed by atoms with E-state index in [-0.39, 0.29) is 0 Å². The molecule has 0 bridgehead atoms. The van der Waals surface area contributed by atoms with Gasteiger partial charge in [-0.05, 0) is 24.3 Å². The zero-order chi connectivity index (χ0) is 14.7. The molecule has 2 heterocycles. The Bertz CT molecular complexity index is 650. The lowest BCUT2D eigenvalue weighted by Crippen LogP contribution is -2.43. The van der Waals surface area contributed by atoms with E-state index in [0.717, 1.165) is 37.4 Å². The number of benzene rings is 1. The molecule has 0 radical (unpaired) electrons. The van der Waals surface area contributed by atoms with E-state index in [1.165, 1.54) is 0 Å². The van der Waals surface area contributed by atoms with Crippen LogP contribution < -0.4 is 16.0 Å². The van der Waals surface area contributed by atoms with Gasteiger partial charge in [-0.2, -0.15) is 0 Å². The number of nitrogens with zero attached hydrogens (tertiary/aromatic N) is 2. The molecular formula is C16H18N4O. The molecule has 0 aliphatic carbocycles. The molecule has 5 heteroatoms. The maximum absolute atomic E-state index is 11.5. The Labute approximate surface area is 123 Å². The van der Waals surface area contributed by atoms with Crippen LogP contribution in [-0.2, 0) is 0 Å². The van der Waals surface area contributed by atoms with E-state index in [9.17, 15) is 4.79 Å². The van der Waals surface area contributed by atoms with Crippen molar-refractivity contribution in [3.05, 3.63) is 48.2 Å². The van der Waals surface area contributed by atoms with Crippen molar-refractivity contribution in [2.45, 2.75) is 0 Å². The number of primary amides is 1. The fourth-order valence-corrected chi connectivity index (χ4v) is 2.61. The van der Waals surface area contributed by atoms with Gasteiger partial charge in [-0.3, -0.25) is 9.78 Å². The summed E-state index contributed by atoms with van der Waals surface area (Å²) in [5.74, 6) is -0.453. The van der Waals surface area contributed by atoms with Crippen LogP contribution in [0.1, 0.15) is 10.4 Å². The molecule has 3 rings (SSSR count). The zero-order valence-electron chi connectivity index (χ0n) is 11.7. The molecule has 21 heavy (non-hydrogen) atoms. The quantitative estimate of drug-likeness (QED) is 0.889. The smallest absolute Gasteiger partial charge is 0.250 e. The van der Waals surface area contributed by atoms with Crippen molar-refractivity contribution in [3.63, 3.8) is 0 Å². The number of nitrogens with two attached hydrogens (primary N) is 1. The minimum Gasteiger partial charge on any atom is -0.369 e. The number of carbonyl (C=O) groups excluding carboxylic acids is 1. The van der Waals surface area contributed by atoms with Crippen LogP contribution in [0, 0.1) is 0 Å². The average molecular weight is 282 g/mol. The van der Waals surface area contributed by atoms with Gasteiger partial charge in [0.1, 0.15) is 0 Å². The van der Waals surface area contributed by atoms with Gasteiger partial charge < -0.3 is 16.0 Å². The largest absolute Gasteiger partial charge is 0.369 e. The van der Waals surface area contributed by atoms with Gasteiger partial charge in [0, 0.05) is 43.6 Å². The fraction of sp³-hybridized carbons (Fsp3) is 0.250. The van der Waals surface area contributed by atoms with Crippen LogP contribution in [0.5, 0.6) is 0 Å². The number of rotatable bonds is 3. The minimum absolute atomic E-state index is 0.453. The first-order valence-corrected chi connectivity index (χ1v) is 7.06. The predicted octanol–water partition coefficient (Wildman–Crippen LogP) is 1.26. The summed E-state index contributed by atoms with van der Waals surface area (Å²) >= 11 is 0. The topological polar surface area (TPSA) is 71.2 Å². The lowest BCUT2D eigenvalue weighted by molar-refractivity contribution is 0.100. The maximum Gasteiger partial charge on any atom is 0.250 e. The molecule has 5 nitrogen and oxygen atoms in total. The molecule has 1 aromatic carbocycles. The summed E-state index contributed by atoms with van der Waals surface area (Å²) in [4.78, 5) is 18.2. The van der Waals surface area contributed by atoms with Crippen molar-refractivity contribution in [1.29, 1.82) is 0 Å². The second-order valence-electron chi connectivity index (χ2n) is 5.05. The first-order valence-electron chi connectivity index (χ1n) is 7.06. The van der Waals surface area contributed by atoms with Crippen molar-refractivity contribution >= 4 is 11.6 Å². The summed E-state index contributed by atoms with van der Waals surface area (Å²) in [5.41, 5.74) is 8.59. The lowest BCUT2D eigenvalue weighted by Gasteiger charge is -2.29. The molecule has 108 valence electrons.